The number of rotatable bonds is 2. The molecule has 6 atom stereocenters. The number of hydrogen-bond acceptors (Lipinski definition) is 3. The zero-order valence-corrected chi connectivity index (χ0v) is 11.5. The minimum absolute atomic E-state index is 0.0222. The summed E-state index contributed by atoms with van der Waals surface area (Å²) in [7, 11) is 0. The third-order valence-electron chi connectivity index (χ3n) is 5.63. The Morgan fingerprint density at radius 1 is 1.56 bits per heavy atom. The van der Waals surface area contributed by atoms with E-state index < -0.39 is 5.60 Å². The third kappa shape index (κ3) is 1.60. The van der Waals surface area contributed by atoms with Gasteiger partial charge in [0.25, 0.3) is 0 Å². The molecule has 0 aromatic heterocycles. The number of aliphatic hydroxyl groups excluding tert-OH is 1. The van der Waals surface area contributed by atoms with Crippen molar-refractivity contribution < 1.29 is 14.9 Å². The minimum atomic E-state index is -0.974. The van der Waals surface area contributed by atoms with Gasteiger partial charge in [0.2, 0.25) is 0 Å². The van der Waals surface area contributed by atoms with Crippen molar-refractivity contribution in [2.45, 2.75) is 57.3 Å². The fourth-order valence-corrected chi connectivity index (χ4v) is 4.43. The topological polar surface area (TPSA) is 49.7 Å². The van der Waals surface area contributed by atoms with E-state index in [2.05, 4.69) is 19.9 Å². The first-order valence-electron chi connectivity index (χ1n) is 7.07. The Morgan fingerprint density at radius 2 is 2.28 bits per heavy atom. The van der Waals surface area contributed by atoms with Crippen LogP contribution in [0.5, 0.6) is 0 Å². The highest BCUT2D eigenvalue weighted by molar-refractivity contribution is 5.23. The Hall–Kier alpha value is -0.380. The standard InChI is InChI=1S/C15H24O3/c1-9-6-10-11(14(2,17)8-16)4-5-15(3)12(10)7-13(9)18-15/h6,10-13,16-17H,4-5,7-8H2,1-3H3/t10-,11+,12-,13+,14?,15+/m0/s1. The fraction of sp³-hybridized carbons (Fsp3) is 0.867. The molecule has 1 saturated heterocycles. The highest BCUT2D eigenvalue weighted by Crippen LogP contribution is 2.57. The van der Waals surface area contributed by atoms with Gasteiger partial charge in [0, 0.05) is 0 Å². The zero-order valence-electron chi connectivity index (χ0n) is 11.5. The predicted molar refractivity (Wildman–Crippen MR) is 69.1 cm³/mol. The minimum Gasteiger partial charge on any atom is -0.393 e. The summed E-state index contributed by atoms with van der Waals surface area (Å²) in [5.74, 6) is 1.01. The van der Waals surface area contributed by atoms with Crippen LogP contribution < -0.4 is 0 Å². The molecule has 3 heteroatoms. The summed E-state index contributed by atoms with van der Waals surface area (Å²) in [6.45, 7) is 5.97. The predicted octanol–water partition coefficient (Wildman–Crippen LogP) is 1.88. The summed E-state index contributed by atoms with van der Waals surface area (Å²) in [4.78, 5) is 0. The second kappa shape index (κ2) is 3.81. The van der Waals surface area contributed by atoms with E-state index in [-0.39, 0.29) is 24.2 Å². The van der Waals surface area contributed by atoms with Crippen molar-refractivity contribution in [3.8, 4) is 0 Å². The largest absolute Gasteiger partial charge is 0.393 e. The Balaban J connectivity index is 1.97. The van der Waals surface area contributed by atoms with Gasteiger partial charge in [-0.25, -0.2) is 0 Å². The van der Waals surface area contributed by atoms with Crippen LogP contribution in [-0.4, -0.2) is 34.1 Å². The van der Waals surface area contributed by atoms with Crippen LogP contribution in [0.2, 0.25) is 0 Å². The molecule has 1 saturated carbocycles. The van der Waals surface area contributed by atoms with E-state index in [0.717, 1.165) is 19.3 Å². The van der Waals surface area contributed by atoms with Crippen LogP contribution in [0.15, 0.2) is 11.6 Å². The number of allylic oxidation sites excluding steroid dienone is 1. The van der Waals surface area contributed by atoms with E-state index in [1.165, 1.54) is 5.57 Å². The van der Waals surface area contributed by atoms with Gasteiger partial charge >= 0.3 is 0 Å². The molecule has 102 valence electrons. The molecule has 0 radical (unpaired) electrons. The molecule has 3 aliphatic rings. The molecule has 3 nitrogen and oxygen atoms in total. The van der Waals surface area contributed by atoms with Gasteiger partial charge in [-0.1, -0.05) is 6.08 Å². The van der Waals surface area contributed by atoms with Gasteiger partial charge in [-0.15, -0.1) is 0 Å². The van der Waals surface area contributed by atoms with E-state index >= 15 is 0 Å². The maximum atomic E-state index is 10.4. The normalized spacial score (nSPS) is 49.7. The summed E-state index contributed by atoms with van der Waals surface area (Å²) in [5, 5.41) is 19.9. The maximum Gasteiger partial charge on any atom is 0.0883 e. The van der Waals surface area contributed by atoms with Crippen LogP contribution in [0.25, 0.3) is 0 Å². The average Bonchev–Trinajstić information content (AvgIpc) is 2.64. The lowest BCUT2D eigenvalue weighted by Crippen LogP contribution is -2.51. The molecule has 2 fully saturated rings. The van der Waals surface area contributed by atoms with Crippen LogP contribution in [-0.2, 0) is 4.74 Å². The summed E-state index contributed by atoms with van der Waals surface area (Å²) in [6.07, 6.45) is 5.60. The lowest BCUT2D eigenvalue weighted by atomic mass is 9.58. The van der Waals surface area contributed by atoms with Crippen molar-refractivity contribution in [3.05, 3.63) is 11.6 Å². The van der Waals surface area contributed by atoms with Gasteiger partial charge in [-0.05, 0) is 63.4 Å². The Bertz CT molecular complexity index is 387. The van der Waals surface area contributed by atoms with Crippen molar-refractivity contribution in [3.63, 3.8) is 0 Å². The number of aliphatic hydroxyl groups is 2. The lowest BCUT2D eigenvalue weighted by molar-refractivity contribution is -0.121. The van der Waals surface area contributed by atoms with Gasteiger partial charge in [-0.3, -0.25) is 0 Å². The molecule has 3 rings (SSSR count). The van der Waals surface area contributed by atoms with Gasteiger partial charge in [0.1, 0.15) is 0 Å². The molecule has 0 spiro atoms. The van der Waals surface area contributed by atoms with Crippen LogP contribution >= 0.6 is 0 Å². The lowest BCUT2D eigenvalue weighted by Gasteiger charge is -2.48. The van der Waals surface area contributed by atoms with E-state index in [4.69, 9.17) is 4.74 Å². The molecular weight excluding hydrogens is 228 g/mol. The number of fused-ring (bicyclic) bond motifs is 1. The maximum absolute atomic E-state index is 10.4. The highest BCUT2D eigenvalue weighted by atomic mass is 16.5. The van der Waals surface area contributed by atoms with Gasteiger partial charge < -0.3 is 14.9 Å². The summed E-state index contributed by atoms with van der Waals surface area (Å²) in [5.41, 5.74) is 0.310. The summed E-state index contributed by atoms with van der Waals surface area (Å²) < 4.78 is 6.24. The molecule has 1 unspecified atom stereocenters. The SMILES string of the molecule is CC1=C[C@H]2[C@H](C(C)(O)CO)CC[C@@]3(C)O[C@@H]1C[C@@H]23. The van der Waals surface area contributed by atoms with Crippen LogP contribution in [0, 0.1) is 17.8 Å². The fourth-order valence-electron chi connectivity index (χ4n) is 4.43. The Morgan fingerprint density at radius 3 is 2.94 bits per heavy atom. The van der Waals surface area contributed by atoms with Crippen molar-refractivity contribution in [1.82, 2.24) is 0 Å². The highest BCUT2D eigenvalue weighted by Gasteiger charge is 2.57. The molecule has 2 bridgehead atoms. The molecular formula is C15H24O3. The van der Waals surface area contributed by atoms with E-state index in [9.17, 15) is 10.2 Å². The van der Waals surface area contributed by atoms with Gasteiger partial charge in [-0.2, -0.15) is 0 Å². The molecule has 0 aromatic rings. The first kappa shape index (κ1) is 12.6. The van der Waals surface area contributed by atoms with Crippen LogP contribution in [0.1, 0.15) is 40.0 Å². The van der Waals surface area contributed by atoms with Crippen LogP contribution in [0.4, 0.5) is 0 Å². The van der Waals surface area contributed by atoms with Crippen LogP contribution in [0.3, 0.4) is 0 Å². The molecule has 0 amide bonds. The quantitative estimate of drug-likeness (QED) is 0.738. The van der Waals surface area contributed by atoms with Crippen molar-refractivity contribution in [1.29, 1.82) is 0 Å². The van der Waals surface area contributed by atoms with Gasteiger partial charge in [0.15, 0.2) is 0 Å². The van der Waals surface area contributed by atoms with E-state index in [1.54, 1.807) is 6.92 Å². The van der Waals surface area contributed by atoms with Gasteiger partial charge in [0.05, 0.1) is 23.9 Å². The van der Waals surface area contributed by atoms with Crippen molar-refractivity contribution >= 4 is 0 Å². The first-order chi connectivity index (χ1) is 8.37. The van der Waals surface area contributed by atoms with Crippen molar-refractivity contribution in [2.75, 3.05) is 6.61 Å². The molecule has 2 N–H and O–H groups in total. The average molecular weight is 252 g/mol. The van der Waals surface area contributed by atoms with E-state index in [1.807, 2.05) is 0 Å². The second-order valence-corrected chi connectivity index (χ2v) is 6.91. The number of hydrogen-bond donors (Lipinski definition) is 2. The molecule has 0 aromatic carbocycles. The Kier molecular flexibility index (Phi) is 2.68. The zero-order chi connectivity index (χ0) is 13.1. The summed E-state index contributed by atoms with van der Waals surface area (Å²) in [6, 6.07) is 0. The molecule has 2 aliphatic carbocycles. The molecule has 1 heterocycles. The monoisotopic (exact) mass is 252 g/mol. The van der Waals surface area contributed by atoms with Crippen molar-refractivity contribution in [2.24, 2.45) is 17.8 Å². The smallest absolute Gasteiger partial charge is 0.0883 e. The molecule has 18 heavy (non-hydrogen) atoms. The first-order valence-corrected chi connectivity index (χ1v) is 7.07. The summed E-state index contributed by atoms with van der Waals surface area (Å²) >= 11 is 0. The second-order valence-electron chi connectivity index (χ2n) is 6.91. The van der Waals surface area contributed by atoms with E-state index in [0.29, 0.717) is 11.8 Å². The number of ether oxygens (including phenoxy) is 1. The Labute approximate surface area is 109 Å². The molecule has 1 aliphatic heterocycles. The third-order valence-corrected chi connectivity index (χ3v) is 5.63.